The summed E-state index contributed by atoms with van der Waals surface area (Å²) in [5, 5.41) is 82.6. The smallest absolute Gasteiger partial charge is 0.337 e. The number of esters is 2. The average molecular weight is 667 g/mol. The van der Waals surface area contributed by atoms with Crippen molar-refractivity contribution in [3.63, 3.8) is 0 Å². The third-order valence-corrected chi connectivity index (χ3v) is 7.57. The predicted molar refractivity (Wildman–Crippen MR) is 150 cm³/mol. The Bertz CT molecular complexity index is 1700. The highest BCUT2D eigenvalue weighted by Gasteiger charge is 2.54. The lowest BCUT2D eigenvalue weighted by molar-refractivity contribution is -0.350. The number of phenolic OH excluding ortho intramolecular Hbond substituents is 3. The lowest BCUT2D eigenvalue weighted by atomic mass is 9.97. The van der Waals surface area contributed by atoms with E-state index in [9.17, 15) is 55.2 Å². The Morgan fingerprint density at radius 1 is 0.702 bits per heavy atom. The number of hydrogen-bond acceptors (Lipinski definition) is 18. The summed E-state index contributed by atoms with van der Waals surface area (Å²) in [6.07, 6.45) is -19.6. The molecule has 0 aliphatic carbocycles. The number of benzene rings is 2. The third-order valence-electron chi connectivity index (χ3n) is 7.57. The van der Waals surface area contributed by atoms with Crippen LogP contribution in [0.2, 0.25) is 0 Å². The summed E-state index contributed by atoms with van der Waals surface area (Å²) in [5.41, 5.74) is -0.782. The van der Waals surface area contributed by atoms with Gasteiger partial charge in [-0.25, -0.2) is 9.59 Å². The molecule has 47 heavy (non-hydrogen) atoms. The van der Waals surface area contributed by atoms with Crippen molar-refractivity contribution in [3.8, 4) is 34.3 Å². The zero-order valence-corrected chi connectivity index (χ0v) is 24.4. The van der Waals surface area contributed by atoms with E-state index in [0.717, 1.165) is 44.6 Å². The molecule has 2 saturated heterocycles. The van der Waals surface area contributed by atoms with Crippen molar-refractivity contribution < 1.29 is 83.3 Å². The van der Waals surface area contributed by atoms with Gasteiger partial charge in [-0.1, -0.05) is 0 Å². The van der Waals surface area contributed by atoms with Crippen molar-refractivity contribution in [1.29, 1.82) is 0 Å². The molecule has 10 atom stereocenters. The van der Waals surface area contributed by atoms with Gasteiger partial charge in [-0.15, -0.1) is 0 Å². The summed E-state index contributed by atoms with van der Waals surface area (Å²) in [6, 6.07) is 6.73. The molecule has 3 aromatic rings. The van der Waals surface area contributed by atoms with Gasteiger partial charge in [0.1, 0.15) is 58.7 Å². The third kappa shape index (κ3) is 6.40. The molecule has 2 aliphatic heterocycles. The minimum absolute atomic E-state index is 0.0851. The Morgan fingerprint density at radius 2 is 1.32 bits per heavy atom. The maximum atomic E-state index is 12.9. The van der Waals surface area contributed by atoms with Crippen LogP contribution in [0.4, 0.5) is 0 Å². The van der Waals surface area contributed by atoms with Gasteiger partial charge in [0.25, 0.3) is 0 Å². The second-order valence-corrected chi connectivity index (χ2v) is 10.6. The number of fused-ring (bicyclic) bond motifs is 1. The largest absolute Gasteiger partial charge is 0.507 e. The molecular weight excluding hydrogens is 636 g/mol. The van der Waals surface area contributed by atoms with E-state index in [1.54, 1.807) is 0 Å². The van der Waals surface area contributed by atoms with Crippen LogP contribution >= 0.6 is 0 Å². The SMILES string of the molecule is COC(=O)[C@H]1O[C@@H](O[C@H]2[C@H](Oc3cc(O)c4c(=O)cc(-c5ccc(O)c(O)c5)oc4c3)O[C@H](C(=O)OC)[C@@H](O)[C@@H]2O)[C@H](O)[C@@H](O)[C@@H]1O. The molecule has 18 nitrogen and oxygen atoms in total. The Kier molecular flexibility index (Phi) is 9.57. The number of aromatic hydroxyl groups is 3. The van der Waals surface area contributed by atoms with E-state index in [0.29, 0.717) is 0 Å². The predicted octanol–water partition coefficient (Wildman–Crippen LogP) is -2.06. The topological polar surface area (TPSA) is 282 Å². The summed E-state index contributed by atoms with van der Waals surface area (Å²) >= 11 is 0. The van der Waals surface area contributed by atoms with Crippen LogP contribution in [0.15, 0.2) is 45.6 Å². The molecule has 0 bridgehead atoms. The van der Waals surface area contributed by atoms with Crippen LogP contribution in [0, 0.1) is 0 Å². The minimum Gasteiger partial charge on any atom is -0.507 e. The van der Waals surface area contributed by atoms with E-state index in [1.165, 1.54) is 6.07 Å². The molecule has 2 aliphatic rings. The summed E-state index contributed by atoms with van der Waals surface area (Å²) in [5.74, 6) is -4.26. The summed E-state index contributed by atoms with van der Waals surface area (Å²) in [4.78, 5) is 37.4. The van der Waals surface area contributed by atoms with Crippen LogP contribution in [0.5, 0.6) is 23.0 Å². The normalized spacial score (nSPS) is 30.9. The first-order valence-electron chi connectivity index (χ1n) is 13.8. The summed E-state index contributed by atoms with van der Waals surface area (Å²) in [7, 11) is 1.94. The van der Waals surface area contributed by atoms with Crippen LogP contribution in [-0.2, 0) is 33.3 Å². The first-order valence-corrected chi connectivity index (χ1v) is 13.8. The molecule has 1 aromatic heterocycles. The van der Waals surface area contributed by atoms with Crippen LogP contribution in [-0.4, -0.2) is 128 Å². The number of carbonyl (C=O) groups is 2. The monoisotopic (exact) mass is 666 g/mol. The second-order valence-electron chi connectivity index (χ2n) is 10.6. The molecular formula is C29H30O18. The number of aliphatic hydroxyl groups is 5. The molecule has 8 N–H and O–H groups in total. The average Bonchev–Trinajstić information content (AvgIpc) is 3.04. The van der Waals surface area contributed by atoms with Crippen LogP contribution in [0.1, 0.15) is 0 Å². The quantitative estimate of drug-likeness (QED) is 0.0994. The molecule has 2 fully saturated rings. The standard InChI is InChI=1S/C29H30O18/c1-41-26(39)23-19(35)18(34)22(38)28(45-23)47-25-21(37)20(36)24(27(40)42-2)46-29(25)43-10-6-13(32)17-14(33)8-15(44-16(17)7-10)9-3-4-11(30)12(31)5-9/h3-8,18-25,28-32,34-38H,1-2H3/t18-,19-,20-,21-,22+,23-,24-,25+,28-,29+/m0/s1. The molecule has 0 amide bonds. The fraction of sp³-hybridized carbons (Fsp3) is 0.414. The van der Waals surface area contributed by atoms with E-state index < -0.39 is 96.0 Å². The van der Waals surface area contributed by atoms with E-state index in [2.05, 4.69) is 9.47 Å². The van der Waals surface area contributed by atoms with Gasteiger partial charge in [0, 0.05) is 23.8 Å². The maximum absolute atomic E-state index is 12.9. The molecule has 0 spiro atoms. The highest BCUT2D eigenvalue weighted by molar-refractivity contribution is 5.86. The van der Waals surface area contributed by atoms with Gasteiger partial charge in [0.2, 0.25) is 6.29 Å². The van der Waals surface area contributed by atoms with Gasteiger partial charge in [0.15, 0.2) is 41.5 Å². The minimum atomic E-state index is -2.06. The van der Waals surface area contributed by atoms with Crippen molar-refractivity contribution in [2.75, 3.05) is 14.2 Å². The van der Waals surface area contributed by atoms with Gasteiger partial charge in [-0.05, 0) is 18.2 Å². The van der Waals surface area contributed by atoms with Gasteiger partial charge >= 0.3 is 11.9 Å². The highest BCUT2D eigenvalue weighted by Crippen LogP contribution is 2.36. The van der Waals surface area contributed by atoms with Crippen molar-refractivity contribution in [1.82, 2.24) is 0 Å². The Hall–Kier alpha value is -4.53. The molecule has 254 valence electrons. The fourth-order valence-electron chi connectivity index (χ4n) is 5.08. The molecule has 3 heterocycles. The molecule has 0 radical (unpaired) electrons. The van der Waals surface area contributed by atoms with E-state index in [4.69, 9.17) is 23.4 Å². The first-order chi connectivity index (χ1) is 22.2. The first kappa shape index (κ1) is 33.8. The van der Waals surface area contributed by atoms with Crippen molar-refractivity contribution in [3.05, 3.63) is 46.6 Å². The Labute approximate surface area is 263 Å². The number of rotatable bonds is 7. The number of aliphatic hydroxyl groups excluding tert-OH is 5. The van der Waals surface area contributed by atoms with Crippen LogP contribution in [0.25, 0.3) is 22.3 Å². The second kappa shape index (κ2) is 13.3. The van der Waals surface area contributed by atoms with E-state index >= 15 is 0 Å². The molecule has 18 heteroatoms. The molecule has 2 aromatic carbocycles. The number of phenols is 3. The highest BCUT2D eigenvalue weighted by atomic mass is 16.8. The number of carbonyl (C=O) groups excluding carboxylic acids is 2. The molecule has 0 saturated carbocycles. The van der Waals surface area contributed by atoms with E-state index in [-0.39, 0.29) is 28.0 Å². The van der Waals surface area contributed by atoms with Gasteiger partial charge in [-0.2, -0.15) is 0 Å². The van der Waals surface area contributed by atoms with Crippen molar-refractivity contribution in [2.45, 2.75) is 61.4 Å². The van der Waals surface area contributed by atoms with Crippen molar-refractivity contribution >= 4 is 22.9 Å². The molecule has 5 rings (SSSR count). The summed E-state index contributed by atoms with van der Waals surface area (Å²) < 4.78 is 37.2. The van der Waals surface area contributed by atoms with Gasteiger partial charge in [0.05, 0.1) is 14.2 Å². The van der Waals surface area contributed by atoms with Gasteiger partial charge in [-0.3, -0.25) is 4.79 Å². The Balaban J connectivity index is 1.51. The van der Waals surface area contributed by atoms with Crippen LogP contribution in [0.3, 0.4) is 0 Å². The number of hydrogen-bond donors (Lipinski definition) is 8. The zero-order chi connectivity index (χ0) is 34.3. The van der Waals surface area contributed by atoms with Crippen molar-refractivity contribution in [2.24, 2.45) is 0 Å². The van der Waals surface area contributed by atoms with Crippen LogP contribution < -0.4 is 10.2 Å². The lowest BCUT2D eigenvalue weighted by Gasteiger charge is -2.45. The number of ether oxygens (including phenoxy) is 6. The zero-order valence-electron chi connectivity index (χ0n) is 24.4. The summed E-state index contributed by atoms with van der Waals surface area (Å²) in [6.45, 7) is 0. The van der Waals surface area contributed by atoms with E-state index in [1.807, 2.05) is 0 Å². The molecule has 0 unspecified atom stereocenters. The Morgan fingerprint density at radius 3 is 1.94 bits per heavy atom. The van der Waals surface area contributed by atoms with Gasteiger partial charge < -0.3 is 73.7 Å². The fourth-order valence-corrected chi connectivity index (χ4v) is 5.08. The maximum Gasteiger partial charge on any atom is 0.337 e. The number of methoxy groups -OCH3 is 2. The lowest BCUT2D eigenvalue weighted by Crippen LogP contribution is -2.66.